The minimum Gasteiger partial charge on any atom is -0.458 e. The Hall–Kier alpha value is -3.54. The van der Waals surface area contributed by atoms with Gasteiger partial charge >= 0.3 is 5.91 Å². The van der Waals surface area contributed by atoms with Crippen molar-refractivity contribution in [3.63, 3.8) is 0 Å². The molecular weight excluding hydrogens is 414 g/mol. The van der Waals surface area contributed by atoms with Crippen LogP contribution < -0.4 is 27.8 Å². The molecule has 12 nitrogen and oxygen atoms in total. The standard InChI is InChI=1S/C17H22ClN9O3/c1-2-30-9(7-19)15(29)27-5-3-17(4-6-27)8-22-16(26-17)25-14(28)10-12(20)24-13(21)11(18)23-10/h2,7H,1,3-6,8,19H2,(H4,20,21,24)(H2,22,25,26,28)/b9-7-. The summed E-state index contributed by atoms with van der Waals surface area (Å²) < 4.78 is 5.04. The highest BCUT2D eigenvalue weighted by Gasteiger charge is 2.41. The molecule has 0 saturated carbocycles. The first kappa shape index (κ1) is 21.2. The number of rotatable bonds is 4. The van der Waals surface area contributed by atoms with E-state index < -0.39 is 5.91 Å². The van der Waals surface area contributed by atoms with Crippen LogP contribution >= 0.6 is 11.6 Å². The van der Waals surface area contributed by atoms with Gasteiger partial charge in [-0.1, -0.05) is 18.2 Å². The Morgan fingerprint density at radius 1 is 1.27 bits per heavy atom. The first-order chi connectivity index (χ1) is 14.3. The van der Waals surface area contributed by atoms with E-state index in [2.05, 4.69) is 32.2 Å². The summed E-state index contributed by atoms with van der Waals surface area (Å²) >= 11 is 5.81. The minimum absolute atomic E-state index is 0.0205. The molecule has 0 atom stereocenters. The van der Waals surface area contributed by atoms with Gasteiger partial charge in [0.25, 0.3) is 5.91 Å². The summed E-state index contributed by atoms with van der Waals surface area (Å²) in [7, 11) is 0. The monoisotopic (exact) mass is 435 g/mol. The molecule has 1 aromatic heterocycles. The molecule has 1 aromatic rings. The largest absolute Gasteiger partial charge is 0.458 e. The van der Waals surface area contributed by atoms with Crippen LogP contribution in [0.3, 0.4) is 0 Å². The van der Waals surface area contributed by atoms with Gasteiger partial charge in [-0.25, -0.2) is 9.97 Å². The Bertz CT molecular complexity index is 939. The van der Waals surface area contributed by atoms with E-state index in [4.69, 9.17) is 33.5 Å². The number of aliphatic imine (C=N–C) groups is 1. The maximum atomic E-state index is 12.4. The first-order valence-corrected chi connectivity index (χ1v) is 9.38. The second-order valence-electron chi connectivity index (χ2n) is 6.77. The molecule has 2 saturated heterocycles. The molecule has 160 valence electrons. The smallest absolute Gasteiger partial charge is 0.302 e. The van der Waals surface area contributed by atoms with E-state index in [9.17, 15) is 9.59 Å². The van der Waals surface area contributed by atoms with Crippen molar-refractivity contribution in [3.05, 3.63) is 35.6 Å². The number of piperidine rings is 1. The fourth-order valence-corrected chi connectivity index (χ4v) is 3.39. The maximum absolute atomic E-state index is 12.4. The average molecular weight is 436 g/mol. The summed E-state index contributed by atoms with van der Waals surface area (Å²) in [6, 6.07) is 0. The van der Waals surface area contributed by atoms with E-state index >= 15 is 0 Å². The van der Waals surface area contributed by atoms with Gasteiger partial charge in [-0.05, 0) is 12.8 Å². The molecule has 8 N–H and O–H groups in total. The van der Waals surface area contributed by atoms with Crippen LogP contribution in [-0.4, -0.2) is 57.8 Å². The highest BCUT2D eigenvalue weighted by molar-refractivity contribution is 6.31. The number of hydrogen-bond donors (Lipinski definition) is 5. The Labute approximate surface area is 177 Å². The summed E-state index contributed by atoms with van der Waals surface area (Å²) in [5.74, 6) is -0.936. The summed E-state index contributed by atoms with van der Waals surface area (Å²) in [6.07, 6.45) is 3.51. The zero-order chi connectivity index (χ0) is 21.9. The van der Waals surface area contributed by atoms with Gasteiger partial charge in [-0.15, -0.1) is 0 Å². The quantitative estimate of drug-likeness (QED) is 0.299. The molecule has 0 unspecified atom stereocenters. The second-order valence-corrected chi connectivity index (χ2v) is 7.12. The third-order valence-corrected chi connectivity index (χ3v) is 5.16. The number of likely N-dealkylation sites (tertiary alicyclic amines) is 1. The molecule has 2 aliphatic heterocycles. The van der Waals surface area contributed by atoms with Crippen molar-refractivity contribution in [1.82, 2.24) is 25.5 Å². The number of anilines is 2. The number of amides is 2. The van der Waals surface area contributed by atoms with Gasteiger partial charge in [0.05, 0.1) is 11.8 Å². The number of nitrogens with one attached hydrogen (secondary N) is 2. The van der Waals surface area contributed by atoms with E-state index in [1.54, 1.807) is 4.90 Å². The number of guanidine groups is 1. The zero-order valence-corrected chi connectivity index (χ0v) is 16.8. The summed E-state index contributed by atoms with van der Waals surface area (Å²) in [5, 5.41) is 6.16. The van der Waals surface area contributed by atoms with Crippen molar-refractivity contribution in [2.75, 3.05) is 31.1 Å². The van der Waals surface area contributed by atoms with E-state index in [0.717, 1.165) is 12.5 Å². The molecule has 13 heteroatoms. The lowest BCUT2D eigenvalue weighted by Gasteiger charge is -2.38. The topological polar surface area (TPSA) is 187 Å². The molecule has 0 bridgehead atoms. The predicted molar refractivity (Wildman–Crippen MR) is 111 cm³/mol. The fourth-order valence-electron chi connectivity index (χ4n) is 3.26. The molecule has 2 amide bonds. The SMILES string of the molecule is C=CO/C(=C\N)C(=O)N1CCC2(CC1)CN/C(=N\C(=O)c1nc(Cl)c(N)nc1N)N2. The lowest BCUT2D eigenvalue weighted by Crippen LogP contribution is -2.54. The van der Waals surface area contributed by atoms with Gasteiger partial charge in [-0.2, -0.15) is 4.99 Å². The highest BCUT2D eigenvalue weighted by Crippen LogP contribution is 2.26. The molecule has 3 heterocycles. The number of halogens is 1. The van der Waals surface area contributed by atoms with Crippen LogP contribution in [0.4, 0.5) is 11.6 Å². The van der Waals surface area contributed by atoms with Crippen LogP contribution in [0.5, 0.6) is 0 Å². The van der Waals surface area contributed by atoms with Gasteiger partial charge in [0, 0.05) is 25.8 Å². The molecule has 2 fully saturated rings. The second kappa shape index (κ2) is 8.45. The van der Waals surface area contributed by atoms with Gasteiger partial charge in [0.1, 0.15) is 0 Å². The first-order valence-electron chi connectivity index (χ1n) is 9.01. The van der Waals surface area contributed by atoms with Crippen molar-refractivity contribution in [2.24, 2.45) is 10.7 Å². The maximum Gasteiger partial charge on any atom is 0.302 e. The van der Waals surface area contributed by atoms with Crippen LogP contribution in [0.15, 0.2) is 29.8 Å². The van der Waals surface area contributed by atoms with Crippen LogP contribution in [0.1, 0.15) is 23.3 Å². The van der Waals surface area contributed by atoms with Crippen LogP contribution in [0, 0.1) is 0 Å². The Kier molecular flexibility index (Phi) is 5.96. The lowest BCUT2D eigenvalue weighted by atomic mass is 9.88. The van der Waals surface area contributed by atoms with Gasteiger partial charge in [0.2, 0.25) is 5.76 Å². The van der Waals surface area contributed by atoms with Gasteiger partial charge in [0.15, 0.2) is 28.4 Å². The number of nitrogens with zero attached hydrogens (tertiary/aromatic N) is 4. The van der Waals surface area contributed by atoms with Gasteiger partial charge < -0.3 is 37.5 Å². The van der Waals surface area contributed by atoms with E-state index in [0.29, 0.717) is 32.5 Å². The third kappa shape index (κ3) is 4.22. The van der Waals surface area contributed by atoms with Crippen molar-refractivity contribution in [2.45, 2.75) is 18.4 Å². The Balaban J connectivity index is 1.64. The fraction of sp³-hybridized carbons (Fsp3) is 0.353. The number of ether oxygens (including phenoxy) is 1. The number of carbonyl (C=O) groups excluding carboxylic acids is 2. The van der Waals surface area contributed by atoms with E-state index in [1.807, 2.05) is 0 Å². The Morgan fingerprint density at radius 2 is 1.97 bits per heavy atom. The molecule has 30 heavy (non-hydrogen) atoms. The summed E-state index contributed by atoms with van der Waals surface area (Å²) in [6.45, 7) is 4.90. The number of carbonyl (C=O) groups is 2. The average Bonchev–Trinajstić information content (AvgIpc) is 3.10. The number of hydrogen-bond acceptors (Lipinski definition) is 8. The van der Waals surface area contributed by atoms with E-state index in [-0.39, 0.29) is 45.6 Å². The molecule has 1 spiro atoms. The van der Waals surface area contributed by atoms with Crippen LogP contribution in [0.2, 0.25) is 5.15 Å². The van der Waals surface area contributed by atoms with Crippen LogP contribution in [-0.2, 0) is 9.53 Å². The number of aromatic nitrogens is 2. The molecule has 3 rings (SSSR count). The molecule has 0 aliphatic carbocycles. The lowest BCUT2D eigenvalue weighted by molar-refractivity contribution is -0.131. The molecule has 2 aliphatic rings. The zero-order valence-electron chi connectivity index (χ0n) is 16.0. The summed E-state index contributed by atoms with van der Waals surface area (Å²) in [4.78, 5) is 38.1. The number of nitrogens with two attached hydrogens (primary N) is 3. The Morgan fingerprint density at radius 3 is 2.60 bits per heavy atom. The molecular formula is C17H22ClN9O3. The highest BCUT2D eigenvalue weighted by atomic mass is 35.5. The van der Waals surface area contributed by atoms with Crippen molar-refractivity contribution < 1.29 is 14.3 Å². The third-order valence-electron chi connectivity index (χ3n) is 4.88. The van der Waals surface area contributed by atoms with Crippen LogP contribution in [0.25, 0.3) is 0 Å². The van der Waals surface area contributed by atoms with Crippen molar-refractivity contribution in [1.29, 1.82) is 0 Å². The van der Waals surface area contributed by atoms with E-state index in [1.165, 1.54) is 0 Å². The van der Waals surface area contributed by atoms with Crippen molar-refractivity contribution >= 4 is 41.0 Å². The minimum atomic E-state index is -0.708. The molecule has 0 radical (unpaired) electrons. The normalized spacial score (nSPS) is 19.3. The van der Waals surface area contributed by atoms with Crippen molar-refractivity contribution in [3.8, 4) is 0 Å². The number of nitrogen functional groups attached to an aromatic ring is 2. The molecule has 0 aromatic carbocycles. The van der Waals surface area contributed by atoms with Gasteiger partial charge in [-0.3, -0.25) is 9.59 Å². The summed E-state index contributed by atoms with van der Waals surface area (Å²) in [5.41, 5.74) is 16.1. The predicted octanol–water partition coefficient (Wildman–Crippen LogP) is -0.695.